The van der Waals surface area contributed by atoms with Crippen molar-refractivity contribution in [1.29, 1.82) is 0 Å². The maximum atomic E-state index is 12.1. The summed E-state index contributed by atoms with van der Waals surface area (Å²) in [6, 6.07) is 0. The molecule has 0 radical (unpaired) electrons. The third-order valence-electron chi connectivity index (χ3n) is 6.18. The van der Waals surface area contributed by atoms with Gasteiger partial charge in [-0.2, -0.15) is 0 Å². The van der Waals surface area contributed by atoms with Gasteiger partial charge in [-0.3, -0.25) is 9.59 Å². The molecule has 0 aromatic carbocycles. The van der Waals surface area contributed by atoms with E-state index in [2.05, 4.69) is 68.5 Å². The van der Waals surface area contributed by atoms with Crippen LogP contribution in [0.1, 0.15) is 104 Å². The molecular weight excluding hydrogens is 548 g/mol. The lowest BCUT2D eigenvalue weighted by atomic mass is 10.2. The standard InChI is InChI=1S/C39H58O5/c1-3-5-7-9-11-13-15-17-18-19-20-22-24-26-28-30-32-34-39(42)44-37(35-40)36-43-38(41)33-31-29-27-25-23-21-16-14-12-10-8-6-4-2/h6,8,10-14,16-18,20-23,25-28,37,40H,3-5,7,9,15,19,24,29-36H2,1-2H3/b8-6+,12-10+,13-11+,16-14+,18-17+,22-20+,23-21+,27-25+,28-26+. The van der Waals surface area contributed by atoms with E-state index >= 15 is 0 Å². The number of allylic oxidation sites excluding steroid dienone is 18. The van der Waals surface area contributed by atoms with Crippen molar-refractivity contribution in [2.75, 3.05) is 13.2 Å². The number of carbonyl (C=O) groups is 2. The van der Waals surface area contributed by atoms with Crippen LogP contribution in [-0.2, 0) is 19.1 Å². The van der Waals surface area contributed by atoms with Crippen molar-refractivity contribution in [3.05, 3.63) is 109 Å². The van der Waals surface area contributed by atoms with Crippen LogP contribution in [-0.4, -0.2) is 36.4 Å². The lowest BCUT2D eigenvalue weighted by Gasteiger charge is -2.15. The fraction of sp³-hybridized carbons (Fsp3) is 0.487. The van der Waals surface area contributed by atoms with Gasteiger partial charge in [0.15, 0.2) is 6.10 Å². The van der Waals surface area contributed by atoms with Crippen molar-refractivity contribution >= 4 is 11.9 Å². The zero-order valence-electron chi connectivity index (χ0n) is 27.4. The minimum Gasteiger partial charge on any atom is -0.462 e. The summed E-state index contributed by atoms with van der Waals surface area (Å²) >= 11 is 0. The number of ether oxygens (including phenoxy) is 2. The largest absolute Gasteiger partial charge is 0.462 e. The molecule has 0 spiro atoms. The fourth-order valence-electron chi connectivity index (χ4n) is 3.69. The quantitative estimate of drug-likeness (QED) is 0.0436. The molecule has 5 heteroatoms. The Kier molecular flexibility index (Phi) is 31.4. The van der Waals surface area contributed by atoms with Crippen molar-refractivity contribution in [2.45, 2.75) is 110 Å². The number of esters is 2. The summed E-state index contributed by atoms with van der Waals surface area (Å²) in [4.78, 5) is 24.1. The summed E-state index contributed by atoms with van der Waals surface area (Å²) < 4.78 is 10.4. The van der Waals surface area contributed by atoms with Gasteiger partial charge >= 0.3 is 11.9 Å². The Labute approximate surface area is 268 Å². The summed E-state index contributed by atoms with van der Waals surface area (Å²) in [6.45, 7) is 3.81. The summed E-state index contributed by atoms with van der Waals surface area (Å²) in [5, 5.41) is 9.49. The molecule has 0 bridgehead atoms. The molecule has 0 saturated carbocycles. The second kappa shape index (κ2) is 34.1. The molecule has 44 heavy (non-hydrogen) atoms. The van der Waals surface area contributed by atoms with Gasteiger partial charge in [0.1, 0.15) is 6.61 Å². The van der Waals surface area contributed by atoms with E-state index in [1.165, 1.54) is 25.7 Å². The average molecular weight is 607 g/mol. The van der Waals surface area contributed by atoms with Crippen LogP contribution in [0.25, 0.3) is 0 Å². The number of aliphatic hydroxyl groups excluding tert-OH is 1. The van der Waals surface area contributed by atoms with E-state index in [1.807, 2.05) is 54.7 Å². The first-order chi connectivity index (χ1) is 21.6. The van der Waals surface area contributed by atoms with Crippen molar-refractivity contribution in [2.24, 2.45) is 0 Å². The first kappa shape index (κ1) is 40.6. The van der Waals surface area contributed by atoms with Crippen LogP contribution < -0.4 is 0 Å². The molecule has 0 fully saturated rings. The zero-order chi connectivity index (χ0) is 32.2. The maximum absolute atomic E-state index is 12.1. The minimum absolute atomic E-state index is 0.133. The normalized spacial score (nSPS) is 13.6. The fourth-order valence-corrected chi connectivity index (χ4v) is 3.69. The molecule has 0 heterocycles. The SMILES string of the molecule is CC/C=C/C=C/C=C/C=C/C=C/CCCC(=O)OCC(CO)OC(=O)CCC/C=C/C/C=C/C/C=C/C/C=C/CCCCC. The second-order valence-electron chi connectivity index (χ2n) is 10.3. The van der Waals surface area contributed by atoms with Crippen molar-refractivity contribution < 1.29 is 24.2 Å². The summed E-state index contributed by atoms with van der Waals surface area (Å²) in [5.74, 6) is -0.760. The van der Waals surface area contributed by atoms with E-state index in [9.17, 15) is 14.7 Å². The summed E-state index contributed by atoms with van der Waals surface area (Å²) in [5.41, 5.74) is 0. The van der Waals surface area contributed by atoms with Gasteiger partial charge in [0.25, 0.3) is 0 Å². The molecule has 1 unspecified atom stereocenters. The highest BCUT2D eigenvalue weighted by Crippen LogP contribution is 2.05. The first-order valence-corrected chi connectivity index (χ1v) is 16.5. The van der Waals surface area contributed by atoms with Crippen LogP contribution in [0.4, 0.5) is 0 Å². The monoisotopic (exact) mass is 606 g/mol. The molecule has 0 aromatic rings. The Morgan fingerprint density at radius 2 is 1.05 bits per heavy atom. The Balaban J connectivity index is 3.87. The molecule has 0 saturated heterocycles. The molecular formula is C39H58O5. The lowest BCUT2D eigenvalue weighted by molar-refractivity contribution is -0.161. The number of rotatable bonds is 27. The van der Waals surface area contributed by atoms with Gasteiger partial charge in [-0.05, 0) is 64.2 Å². The van der Waals surface area contributed by atoms with E-state index in [0.29, 0.717) is 12.8 Å². The van der Waals surface area contributed by atoms with Crippen LogP contribution in [0, 0.1) is 0 Å². The summed E-state index contributed by atoms with van der Waals surface area (Å²) in [6.07, 6.45) is 48.6. The van der Waals surface area contributed by atoms with Gasteiger partial charge in [-0.15, -0.1) is 0 Å². The van der Waals surface area contributed by atoms with Crippen molar-refractivity contribution in [1.82, 2.24) is 0 Å². The molecule has 0 rings (SSSR count). The van der Waals surface area contributed by atoms with Gasteiger partial charge in [0.2, 0.25) is 0 Å². The van der Waals surface area contributed by atoms with Crippen LogP contribution in [0.5, 0.6) is 0 Å². The van der Waals surface area contributed by atoms with E-state index in [1.54, 1.807) is 0 Å². The molecule has 0 aliphatic heterocycles. The highest BCUT2D eigenvalue weighted by atomic mass is 16.6. The van der Waals surface area contributed by atoms with Gasteiger partial charge in [-0.25, -0.2) is 0 Å². The van der Waals surface area contributed by atoms with Gasteiger partial charge < -0.3 is 14.6 Å². The van der Waals surface area contributed by atoms with Crippen LogP contribution in [0.15, 0.2) is 109 Å². The molecule has 5 nitrogen and oxygen atoms in total. The second-order valence-corrected chi connectivity index (χ2v) is 10.3. The van der Waals surface area contributed by atoms with Gasteiger partial charge in [0, 0.05) is 12.8 Å². The number of hydrogen-bond donors (Lipinski definition) is 1. The van der Waals surface area contributed by atoms with Gasteiger partial charge in [0.05, 0.1) is 6.61 Å². The summed E-state index contributed by atoms with van der Waals surface area (Å²) in [7, 11) is 0. The minimum atomic E-state index is -0.835. The van der Waals surface area contributed by atoms with Crippen LogP contribution in [0.2, 0.25) is 0 Å². The van der Waals surface area contributed by atoms with E-state index in [4.69, 9.17) is 9.47 Å². The molecule has 244 valence electrons. The lowest BCUT2D eigenvalue weighted by Crippen LogP contribution is -2.28. The van der Waals surface area contributed by atoms with E-state index in [0.717, 1.165) is 38.5 Å². The first-order valence-electron chi connectivity index (χ1n) is 16.5. The molecule has 0 aliphatic carbocycles. The van der Waals surface area contributed by atoms with Crippen LogP contribution in [0.3, 0.4) is 0 Å². The zero-order valence-corrected chi connectivity index (χ0v) is 27.4. The van der Waals surface area contributed by atoms with Crippen molar-refractivity contribution in [3.8, 4) is 0 Å². The smallest absolute Gasteiger partial charge is 0.306 e. The van der Waals surface area contributed by atoms with Crippen LogP contribution >= 0.6 is 0 Å². The predicted molar refractivity (Wildman–Crippen MR) is 186 cm³/mol. The van der Waals surface area contributed by atoms with Crippen molar-refractivity contribution in [3.63, 3.8) is 0 Å². The van der Waals surface area contributed by atoms with E-state index < -0.39 is 12.1 Å². The van der Waals surface area contributed by atoms with Gasteiger partial charge in [-0.1, -0.05) is 136 Å². The molecule has 0 aromatic heterocycles. The average Bonchev–Trinajstić information content (AvgIpc) is 3.02. The third kappa shape index (κ3) is 31.5. The molecule has 0 aliphatic rings. The third-order valence-corrected chi connectivity index (χ3v) is 6.18. The number of unbranched alkanes of at least 4 members (excludes halogenated alkanes) is 5. The Morgan fingerprint density at radius 1 is 0.568 bits per heavy atom. The predicted octanol–water partition coefficient (Wildman–Crippen LogP) is 9.94. The Bertz CT molecular complexity index is 959. The topological polar surface area (TPSA) is 72.8 Å². The number of carbonyl (C=O) groups excluding carboxylic acids is 2. The Morgan fingerprint density at radius 3 is 1.59 bits per heavy atom. The highest BCUT2D eigenvalue weighted by Gasteiger charge is 2.15. The molecule has 0 amide bonds. The van der Waals surface area contributed by atoms with E-state index in [-0.39, 0.29) is 32.0 Å². The Hall–Kier alpha value is -3.44. The number of aliphatic hydroxyl groups is 1. The highest BCUT2D eigenvalue weighted by molar-refractivity contribution is 5.70. The molecule has 1 N–H and O–H groups in total. The molecule has 1 atom stereocenters. The number of hydrogen-bond acceptors (Lipinski definition) is 5. The maximum Gasteiger partial charge on any atom is 0.306 e.